The summed E-state index contributed by atoms with van der Waals surface area (Å²) in [6, 6.07) is 19.1. The summed E-state index contributed by atoms with van der Waals surface area (Å²) in [7, 11) is -4.27. The monoisotopic (exact) mass is 455 g/mol. The molecule has 0 saturated carbocycles. The Bertz CT molecular complexity index is 1210. The Morgan fingerprint density at radius 1 is 1.03 bits per heavy atom. The van der Waals surface area contributed by atoms with Gasteiger partial charge < -0.3 is 14.4 Å². The average molecular weight is 456 g/mol. The SMILES string of the molecule is Cc1ccc(S(=O)(=O)[O-])cc1.OCC1CC2c3ccccc3Cc3ccc(F)cc3C2O1. The molecule has 0 bridgehead atoms. The highest BCUT2D eigenvalue weighted by molar-refractivity contribution is 7.85. The van der Waals surface area contributed by atoms with Gasteiger partial charge in [-0.25, -0.2) is 12.8 Å². The molecule has 168 valence electrons. The van der Waals surface area contributed by atoms with Crippen molar-refractivity contribution in [2.75, 3.05) is 6.61 Å². The minimum Gasteiger partial charge on any atom is -0.744 e. The molecule has 1 fully saturated rings. The van der Waals surface area contributed by atoms with Crippen molar-refractivity contribution in [2.45, 2.75) is 42.8 Å². The maximum atomic E-state index is 13.7. The third-order valence-electron chi connectivity index (χ3n) is 5.98. The van der Waals surface area contributed by atoms with Gasteiger partial charge in [0.2, 0.25) is 0 Å². The van der Waals surface area contributed by atoms with Gasteiger partial charge >= 0.3 is 0 Å². The van der Waals surface area contributed by atoms with E-state index in [2.05, 4.69) is 12.1 Å². The summed E-state index contributed by atoms with van der Waals surface area (Å²) in [5.41, 5.74) is 5.54. The predicted octanol–water partition coefficient (Wildman–Crippen LogP) is 4.24. The van der Waals surface area contributed by atoms with Gasteiger partial charge in [0.25, 0.3) is 0 Å². The largest absolute Gasteiger partial charge is 0.744 e. The molecule has 1 aliphatic heterocycles. The van der Waals surface area contributed by atoms with Crippen LogP contribution in [0.15, 0.2) is 71.6 Å². The first kappa shape index (κ1) is 22.6. The zero-order valence-corrected chi connectivity index (χ0v) is 18.4. The summed E-state index contributed by atoms with van der Waals surface area (Å²) in [4.78, 5) is -0.178. The van der Waals surface area contributed by atoms with Crippen LogP contribution in [0.3, 0.4) is 0 Å². The molecule has 0 spiro atoms. The van der Waals surface area contributed by atoms with Crippen molar-refractivity contribution in [3.63, 3.8) is 0 Å². The number of aryl methyl sites for hydroxylation is 1. The van der Waals surface area contributed by atoms with Crippen LogP contribution in [0, 0.1) is 12.7 Å². The lowest BCUT2D eigenvalue weighted by Crippen LogP contribution is -2.11. The Morgan fingerprint density at radius 2 is 1.72 bits per heavy atom. The van der Waals surface area contributed by atoms with Crippen LogP contribution in [0.2, 0.25) is 0 Å². The number of aliphatic hydroxyl groups is 1. The smallest absolute Gasteiger partial charge is 0.124 e. The van der Waals surface area contributed by atoms with E-state index in [0.717, 1.165) is 29.5 Å². The fraction of sp³-hybridized carbons (Fsp3) is 0.280. The van der Waals surface area contributed by atoms with Gasteiger partial charge in [0, 0.05) is 5.92 Å². The van der Waals surface area contributed by atoms with Crippen molar-refractivity contribution in [1.29, 1.82) is 0 Å². The quantitative estimate of drug-likeness (QED) is 0.584. The molecule has 3 aromatic carbocycles. The molecule has 0 radical (unpaired) electrons. The van der Waals surface area contributed by atoms with Crippen molar-refractivity contribution in [2.24, 2.45) is 0 Å². The van der Waals surface area contributed by atoms with E-state index in [9.17, 15) is 22.5 Å². The molecule has 7 heteroatoms. The average Bonchev–Trinajstić information content (AvgIpc) is 3.15. The fourth-order valence-electron chi connectivity index (χ4n) is 4.42. The highest BCUT2D eigenvalue weighted by Gasteiger charge is 2.40. The third-order valence-corrected chi connectivity index (χ3v) is 6.83. The van der Waals surface area contributed by atoms with Gasteiger partial charge in [-0.15, -0.1) is 0 Å². The zero-order chi connectivity index (χ0) is 22.9. The van der Waals surface area contributed by atoms with Gasteiger partial charge in [-0.3, -0.25) is 0 Å². The second-order valence-electron chi connectivity index (χ2n) is 8.19. The van der Waals surface area contributed by atoms with Crippen LogP contribution < -0.4 is 0 Å². The molecule has 0 amide bonds. The normalized spacial score (nSPS) is 21.4. The predicted molar refractivity (Wildman–Crippen MR) is 117 cm³/mol. The van der Waals surface area contributed by atoms with Crippen LogP contribution in [0.4, 0.5) is 4.39 Å². The highest BCUT2D eigenvalue weighted by Crippen LogP contribution is 2.49. The number of rotatable bonds is 2. The van der Waals surface area contributed by atoms with Crippen LogP contribution in [0.25, 0.3) is 0 Å². The standard InChI is InChI=1S/C18H17FO2.C7H8O3S/c19-13-6-5-12-7-11-3-1-2-4-15(11)17-9-14(10-20)21-18(17)16(12)8-13;1-6-2-4-7(5-3-6)11(8,9)10/h1-6,8,14,17-18,20H,7,9-10H2;2-5H,1H3,(H,8,9,10)/p-1. The molecule has 1 saturated heterocycles. The zero-order valence-electron chi connectivity index (χ0n) is 17.6. The Kier molecular flexibility index (Phi) is 6.44. The molecular weight excluding hydrogens is 431 g/mol. The highest BCUT2D eigenvalue weighted by atomic mass is 32.2. The number of ether oxygens (including phenoxy) is 1. The van der Waals surface area contributed by atoms with E-state index in [1.165, 1.54) is 29.3 Å². The molecule has 1 heterocycles. The molecule has 1 N–H and O–H groups in total. The lowest BCUT2D eigenvalue weighted by molar-refractivity contribution is 0.00829. The maximum Gasteiger partial charge on any atom is 0.124 e. The summed E-state index contributed by atoms with van der Waals surface area (Å²) < 4.78 is 50.9. The second kappa shape index (κ2) is 9.11. The van der Waals surface area contributed by atoms with Gasteiger partial charge in [-0.05, 0) is 66.3 Å². The van der Waals surface area contributed by atoms with E-state index in [0.29, 0.717) is 0 Å². The summed E-state index contributed by atoms with van der Waals surface area (Å²) >= 11 is 0. The van der Waals surface area contributed by atoms with Crippen LogP contribution in [-0.4, -0.2) is 30.8 Å². The van der Waals surface area contributed by atoms with Gasteiger partial charge in [0.05, 0.1) is 23.7 Å². The molecule has 3 atom stereocenters. The van der Waals surface area contributed by atoms with Crippen molar-refractivity contribution in [3.8, 4) is 0 Å². The first-order valence-electron chi connectivity index (χ1n) is 10.4. The van der Waals surface area contributed by atoms with E-state index >= 15 is 0 Å². The number of hydrogen-bond acceptors (Lipinski definition) is 5. The number of hydrogen-bond donors (Lipinski definition) is 1. The van der Waals surface area contributed by atoms with E-state index in [1.54, 1.807) is 18.2 Å². The Morgan fingerprint density at radius 3 is 2.41 bits per heavy atom. The molecule has 5 rings (SSSR count). The second-order valence-corrected chi connectivity index (χ2v) is 9.57. The van der Waals surface area contributed by atoms with Gasteiger partial charge in [0.1, 0.15) is 15.9 Å². The molecule has 5 nitrogen and oxygen atoms in total. The Hall–Kier alpha value is -2.58. The summed E-state index contributed by atoms with van der Waals surface area (Å²) in [5, 5.41) is 9.43. The third kappa shape index (κ3) is 4.76. The topological polar surface area (TPSA) is 86.7 Å². The molecule has 3 aromatic rings. The van der Waals surface area contributed by atoms with Gasteiger partial charge in [0.15, 0.2) is 0 Å². The summed E-state index contributed by atoms with van der Waals surface area (Å²) in [5.74, 6) is -0.0316. The van der Waals surface area contributed by atoms with Crippen LogP contribution >= 0.6 is 0 Å². The van der Waals surface area contributed by atoms with E-state index in [4.69, 9.17) is 4.74 Å². The first-order valence-corrected chi connectivity index (χ1v) is 11.8. The fourth-order valence-corrected chi connectivity index (χ4v) is 4.89. The van der Waals surface area contributed by atoms with Crippen LogP contribution in [-0.2, 0) is 21.3 Å². The van der Waals surface area contributed by atoms with Gasteiger partial charge in [-0.1, -0.05) is 48.0 Å². The Labute approximate surface area is 187 Å². The molecule has 32 heavy (non-hydrogen) atoms. The summed E-state index contributed by atoms with van der Waals surface area (Å²) in [6.45, 7) is 1.83. The van der Waals surface area contributed by atoms with Crippen molar-refractivity contribution >= 4 is 10.1 Å². The molecular formula is C25H24FO5S-. The Balaban J connectivity index is 0.000000189. The number of aliphatic hydroxyl groups excluding tert-OH is 1. The van der Waals surface area contributed by atoms with E-state index in [-0.39, 0.29) is 35.4 Å². The number of benzene rings is 3. The molecule has 2 aliphatic rings. The summed E-state index contributed by atoms with van der Waals surface area (Å²) in [6.07, 6.45) is 1.28. The van der Waals surface area contributed by atoms with Crippen molar-refractivity contribution in [1.82, 2.24) is 0 Å². The van der Waals surface area contributed by atoms with E-state index < -0.39 is 10.1 Å². The minimum absolute atomic E-state index is 0.0137. The lowest BCUT2D eigenvalue weighted by Gasteiger charge is -2.19. The maximum absolute atomic E-state index is 13.7. The van der Waals surface area contributed by atoms with Gasteiger partial charge in [-0.2, -0.15) is 0 Å². The molecule has 3 unspecified atom stereocenters. The van der Waals surface area contributed by atoms with E-state index in [1.807, 2.05) is 25.1 Å². The van der Waals surface area contributed by atoms with Crippen LogP contribution in [0.1, 0.15) is 46.3 Å². The van der Waals surface area contributed by atoms with Crippen molar-refractivity contribution < 1.29 is 27.2 Å². The molecule has 0 aromatic heterocycles. The lowest BCUT2D eigenvalue weighted by atomic mass is 9.87. The first-order chi connectivity index (χ1) is 15.3. The minimum atomic E-state index is -4.27. The van der Waals surface area contributed by atoms with Crippen LogP contribution in [0.5, 0.6) is 0 Å². The number of fused-ring (bicyclic) bond motifs is 5. The van der Waals surface area contributed by atoms with Crippen molar-refractivity contribution in [3.05, 3.63) is 100 Å². The molecule has 1 aliphatic carbocycles. The number of halogens is 1.